The summed E-state index contributed by atoms with van der Waals surface area (Å²) in [7, 11) is 0. The van der Waals surface area contributed by atoms with Gasteiger partial charge in [0, 0.05) is 8.96 Å². The summed E-state index contributed by atoms with van der Waals surface area (Å²) in [6, 6.07) is 3.93. The Labute approximate surface area is 82.1 Å². The van der Waals surface area contributed by atoms with Gasteiger partial charge < -0.3 is 0 Å². The van der Waals surface area contributed by atoms with E-state index in [1.807, 2.05) is 12.1 Å². The van der Waals surface area contributed by atoms with Crippen molar-refractivity contribution in [3.05, 3.63) is 26.9 Å². The Morgan fingerprint density at radius 1 is 1.45 bits per heavy atom. The Kier molecular flexibility index (Phi) is 1.77. The van der Waals surface area contributed by atoms with Crippen molar-refractivity contribution >= 4 is 45.1 Å². The van der Waals surface area contributed by atoms with Gasteiger partial charge in [-0.2, -0.15) is 5.10 Å². The summed E-state index contributed by atoms with van der Waals surface area (Å²) in [5, 5.41) is 8.50. The molecule has 0 amide bonds. The number of hydrogen-bond donors (Lipinski definition) is 1. The highest BCUT2D eigenvalue weighted by molar-refractivity contribution is 14.1. The smallest absolute Gasteiger partial charge is 0.0666 e. The quantitative estimate of drug-likeness (QED) is 0.738. The minimum atomic E-state index is 0.775. The number of halogens is 2. The highest BCUT2D eigenvalue weighted by Gasteiger charge is 2.03. The minimum Gasteiger partial charge on any atom is -0.278 e. The lowest BCUT2D eigenvalue weighted by molar-refractivity contribution is 1.12. The largest absolute Gasteiger partial charge is 0.278 e. The van der Waals surface area contributed by atoms with E-state index in [1.54, 1.807) is 6.20 Å². The monoisotopic (exact) mass is 278 g/mol. The molecule has 1 aromatic carbocycles. The summed E-state index contributed by atoms with van der Waals surface area (Å²) in [6.07, 6.45) is 1.74. The molecule has 4 heteroatoms. The first-order valence-electron chi connectivity index (χ1n) is 3.06. The molecule has 0 unspecified atom stereocenters. The lowest BCUT2D eigenvalue weighted by Crippen LogP contribution is -1.74. The maximum Gasteiger partial charge on any atom is 0.0666 e. The normalized spacial score (nSPS) is 10.7. The average Bonchev–Trinajstić information content (AvgIpc) is 2.45. The van der Waals surface area contributed by atoms with E-state index in [1.165, 1.54) is 0 Å². The predicted molar refractivity (Wildman–Crippen MR) is 53.8 cm³/mol. The Morgan fingerprint density at radius 3 is 3.09 bits per heavy atom. The molecule has 0 spiro atoms. The van der Waals surface area contributed by atoms with Gasteiger partial charge in [0.2, 0.25) is 0 Å². The summed E-state index contributed by atoms with van der Waals surface area (Å²) in [5.41, 5.74) is 0.982. The summed E-state index contributed by atoms with van der Waals surface area (Å²) >= 11 is 8.20. The Morgan fingerprint density at radius 2 is 2.27 bits per heavy atom. The predicted octanol–water partition coefficient (Wildman–Crippen LogP) is 2.82. The SMILES string of the molecule is Clc1c(I)ccc2[nH]ncc12. The van der Waals surface area contributed by atoms with Crippen molar-refractivity contribution in [3.63, 3.8) is 0 Å². The first-order chi connectivity index (χ1) is 5.29. The molecule has 0 atom stereocenters. The lowest BCUT2D eigenvalue weighted by atomic mass is 10.3. The van der Waals surface area contributed by atoms with Crippen molar-refractivity contribution in [3.8, 4) is 0 Å². The number of hydrogen-bond acceptors (Lipinski definition) is 1. The van der Waals surface area contributed by atoms with Gasteiger partial charge in [0.05, 0.1) is 16.7 Å². The van der Waals surface area contributed by atoms with Crippen LogP contribution in [0.4, 0.5) is 0 Å². The van der Waals surface area contributed by atoms with Crippen molar-refractivity contribution in [2.75, 3.05) is 0 Å². The maximum atomic E-state index is 6.00. The second-order valence-electron chi connectivity index (χ2n) is 2.19. The molecule has 0 fully saturated rings. The van der Waals surface area contributed by atoms with Gasteiger partial charge in [0.25, 0.3) is 0 Å². The van der Waals surface area contributed by atoms with Crippen LogP contribution in [0.15, 0.2) is 18.3 Å². The van der Waals surface area contributed by atoms with Crippen LogP contribution >= 0.6 is 34.2 Å². The van der Waals surface area contributed by atoms with Gasteiger partial charge in [-0.15, -0.1) is 0 Å². The van der Waals surface area contributed by atoms with Gasteiger partial charge in [-0.3, -0.25) is 5.10 Å². The molecule has 0 bridgehead atoms. The van der Waals surface area contributed by atoms with E-state index in [0.717, 1.165) is 19.5 Å². The topological polar surface area (TPSA) is 28.7 Å². The number of benzene rings is 1. The molecule has 0 saturated heterocycles. The zero-order chi connectivity index (χ0) is 7.84. The van der Waals surface area contributed by atoms with Crippen molar-refractivity contribution in [2.24, 2.45) is 0 Å². The van der Waals surface area contributed by atoms with E-state index in [9.17, 15) is 0 Å². The highest BCUT2D eigenvalue weighted by atomic mass is 127. The van der Waals surface area contributed by atoms with Crippen LogP contribution in [0, 0.1) is 3.57 Å². The number of H-pyrrole nitrogens is 1. The molecule has 2 aromatic rings. The fourth-order valence-corrected chi connectivity index (χ4v) is 1.64. The molecule has 0 radical (unpaired) electrons. The molecule has 2 rings (SSSR count). The third-order valence-corrected chi connectivity index (χ3v) is 3.14. The first-order valence-corrected chi connectivity index (χ1v) is 4.52. The number of nitrogens with zero attached hydrogens (tertiary/aromatic N) is 1. The van der Waals surface area contributed by atoms with Crippen molar-refractivity contribution in [1.82, 2.24) is 10.2 Å². The molecule has 2 nitrogen and oxygen atoms in total. The van der Waals surface area contributed by atoms with Crippen LogP contribution in [0.25, 0.3) is 10.9 Å². The molecule has 1 N–H and O–H groups in total. The van der Waals surface area contributed by atoms with Crippen molar-refractivity contribution < 1.29 is 0 Å². The second kappa shape index (κ2) is 2.64. The molecular weight excluding hydrogens is 274 g/mol. The number of nitrogens with one attached hydrogen (secondary N) is 1. The van der Waals surface area contributed by atoms with Crippen LogP contribution in [-0.2, 0) is 0 Å². The van der Waals surface area contributed by atoms with Gasteiger partial charge in [0.15, 0.2) is 0 Å². The third kappa shape index (κ3) is 1.12. The van der Waals surface area contributed by atoms with Crippen molar-refractivity contribution in [2.45, 2.75) is 0 Å². The van der Waals surface area contributed by atoms with Gasteiger partial charge in [-0.05, 0) is 34.7 Å². The minimum absolute atomic E-state index is 0.775. The first kappa shape index (κ1) is 7.36. The van der Waals surface area contributed by atoms with Crippen LogP contribution in [0.5, 0.6) is 0 Å². The molecule has 1 aromatic heterocycles. The molecule has 0 aliphatic rings. The number of fused-ring (bicyclic) bond motifs is 1. The van der Waals surface area contributed by atoms with Gasteiger partial charge in [-0.1, -0.05) is 11.6 Å². The summed E-state index contributed by atoms with van der Waals surface area (Å²) in [5.74, 6) is 0. The zero-order valence-electron chi connectivity index (χ0n) is 5.44. The molecule has 0 aliphatic carbocycles. The van der Waals surface area contributed by atoms with Gasteiger partial charge in [-0.25, -0.2) is 0 Å². The summed E-state index contributed by atoms with van der Waals surface area (Å²) in [4.78, 5) is 0. The summed E-state index contributed by atoms with van der Waals surface area (Å²) < 4.78 is 1.05. The van der Waals surface area contributed by atoms with E-state index in [-0.39, 0.29) is 0 Å². The Bertz CT molecular complexity index is 396. The molecule has 0 saturated carbocycles. The van der Waals surface area contributed by atoms with E-state index in [0.29, 0.717) is 0 Å². The standard InChI is InChI=1S/C7H4ClIN2/c8-7-4-3-10-11-6(4)2-1-5(7)9/h1-3H,(H,10,11). The zero-order valence-corrected chi connectivity index (χ0v) is 8.35. The molecule has 0 aliphatic heterocycles. The van der Waals surface area contributed by atoms with Crippen LogP contribution in [0.3, 0.4) is 0 Å². The van der Waals surface area contributed by atoms with Gasteiger partial charge >= 0.3 is 0 Å². The van der Waals surface area contributed by atoms with E-state index >= 15 is 0 Å². The van der Waals surface area contributed by atoms with E-state index in [2.05, 4.69) is 32.8 Å². The number of aromatic amines is 1. The molecular formula is C7H4ClIN2. The van der Waals surface area contributed by atoms with E-state index < -0.39 is 0 Å². The Hall–Kier alpha value is -0.290. The number of rotatable bonds is 0. The van der Waals surface area contributed by atoms with Crippen molar-refractivity contribution in [1.29, 1.82) is 0 Å². The van der Waals surface area contributed by atoms with Crippen LogP contribution < -0.4 is 0 Å². The van der Waals surface area contributed by atoms with Gasteiger partial charge in [0.1, 0.15) is 0 Å². The second-order valence-corrected chi connectivity index (χ2v) is 3.73. The lowest BCUT2D eigenvalue weighted by Gasteiger charge is -1.94. The Balaban J connectivity index is 2.93. The van der Waals surface area contributed by atoms with Crippen LogP contribution in [-0.4, -0.2) is 10.2 Å². The third-order valence-electron chi connectivity index (χ3n) is 1.51. The molecule has 11 heavy (non-hydrogen) atoms. The van der Waals surface area contributed by atoms with Crippen LogP contribution in [0.2, 0.25) is 5.02 Å². The highest BCUT2D eigenvalue weighted by Crippen LogP contribution is 2.26. The number of aromatic nitrogens is 2. The fraction of sp³-hybridized carbons (Fsp3) is 0. The molecule has 1 heterocycles. The van der Waals surface area contributed by atoms with E-state index in [4.69, 9.17) is 11.6 Å². The molecule has 56 valence electrons. The fourth-order valence-electron chi connectivity index (χ4n) is 0.956. The van der Waals surface area contributed by atoms with Crippen LogP contribution in [0.1, 0.15) is 0 Å². The summed E-state index contributed by atoms with van der Waals surface area (Å²) in [6.45, 7) is 0. The average molecular weight is 278 g/mol. The maximum absolute atomic E-state index is 6.00.